The van der Waals surface area contributed by atoms with E-state index >= 15 is 0 Å². The van der Waals surface area contributed by atoms with Crippen molar-refractivity contribution in [3.63, 3.8) is 0 Å². The Kier molecular flexibility index (Phi) is 4.11. The highest BCUT2D eigenvalue weighted by Crippen LogP contribution is 2.43. The number of aryl methyl sites for hydroxylation is 1. The van der Waals surface area contributed by atoms with E-state index in [1.807, 2.05) is 0 Å². The molecular formula is C17H26O. The predicted molar refractivity (Wildman–Crippen MR) is 76.5 cm³/mol. The minimum absolute atomic E-state index is 0.359. The maximum atomic E-state index is 11.0. The predicted octanol–water partition coefficient (Wildman–Crippen LogP) is 4.28. The Hall–Kier alpha value is -0.820. The van der Waals surface area contributed by atoms with Gasteiger partial charge in [-0.3, -0.25) is 0 Å². The summed E-state index contributed by atoms with van der Waals surface area (Å²) in [5.74, 6) is 1.11. The van der Waals surface area contributed by atoms with Gasteiger partial charge in [-0.1, -0.05) is 51.5 Å². The van der Waals surface area contributed by atoms with E-state index in [1.165, 1.54) is 5.56 Å². The van der Waals surface area contributed by atoms with Crippen LogP contribution in [0.4, 0.5) is 0 Å². The molecule has 2 rings (SSSR count). The summed E-state index contributed by atoms with van der Waals surface area (Å²) in [5, 5.41) is 11.0. The lowest BCUT2D eigenvalue weighted by Gasteiger charge is -2.41. The maximum absolute atomic E-state index is 11.0. The first-order valence-corrected chi connectivity index (χ1v) is 7.38. The van der Waals surface area contributed by atoms with Crippen LogP contribution in [-0.4, -0.2) is 5.11 Å². The van der Waals surface area contributed by atoms with E-state index in [0.717, 1.165) is 43.6 Å². The summed E-state index contributed by atoms with van der Waals surface area (Å²) in [4.78, 5) is 0. The first-order chi connectivity index (χ1) is 8.56. The van der Waals surface area contributed by atoms with E-state index in [0.29, 0.717) is 5.92 Å². The molecule has 0 saturated heterocycles. The Balaban J connectivity index is 2.26. The Labute approximate surface area is 111 Å². The summed E-state index contributed by atoms with van der Waals surface area (Å²) >= 11 is 0. The monoisotopic (exact) mass is 246 g/mol. The fourth-order valence-corrected chi connectivity index (χ4v) is 3.34. The van der Waals surface area contributed by atoms with Crippen LogP contribution in [0.15, 0.2) is 24.3 Å². The van der Waals surface area contributed by atoms with Gasteiger partial charge in [-0.05, 0) is 48.6 Å². The molecule has 3 atom stereocenters. The highest BCUT2D eigenvalue weighted by atomic mass is 16.3. The smallest absolute Gasteiger partial charge is 0.0922 e. The van der Waals surface area contributed by atoms with Crippen molar-refractivity contribution < 1.29 is 5.11 Å². The van der Waals surface area contributed by atoms with Crippen molar-refractivity contribution in [1.29, 1.82) is 0 Å². The molecule has 0 spiro atoms. The van der Waals surface area contributed by atoms with Crippen LogP contribution in [0.25, 0.3) is 0 Å². The highest BCUT2D eigenvalue weighted by Gasteiger charge is 2.39. The fraction of sp³-hybridized carbons (Fsp3) is 0.647. The van der Waals surface area contributed by atoms with Gasteiger partial charge in [-0.15, -0.1) is 0 Å². The average molecular weight is 246 g/mol. The molecule has 1 aliphatic carbocycles. The van der Waals surface area contributed by atoms with E-state index in [2.05, 4.69) is 45.0 Å². The third kappa shape index (κ3) is 2.61. The summed E-state index contributed by atoms with van der Waals surface area (Å²) < 4.78 is 0. The molecule has 1 aromatic carbocycles. The van der Waals surface area contributed by atoms with Crippen LogP contribution in [0.2, 0.25) is 0 Å². The molecule has 1 aliphatic rings. The number of rotatable bonds is 3. The summed E-state index contributed by atoms with van der Waals surface area (Å²) in [6.45, 7) is 6.69. The van der Waals surface area contributed by atoms with Gasteiger partial charge in [-0.2, -0.15) is 0 Å². The third-order valence-corrected chi connectivity index (χ3v) is 4.55. The molecule has 0 aromatic heterocycles. The highest BCUT2D eigenvalue weighted by molar-refractivity contribution is 5.29. The van der Waals surface area contributed by atoms with Crippen LogP contribution in [0.3, 0.4) is 0 Å². The molecule has 1 saturated carbocycles. The van der Waals surface area contributed by atoms with Gasteiger partial charge in [0.2, 0.25) is 0 Å². The number of aliphatic hydroxyl groups is 1. The molecule has 0 amide bonds. The van der Waals surface area contributed by atoms with Crippen molar-refractivity contribution in [3.8, 4) is 0 Å². The SMILES string of the molecule is CCCc1cccc(C2(O)CCC(C)CC2C)c1. The van der Waals surface area contributed by atoms with Gasteiger partial charge in [-0.25, -0.2) is 0 Å². The zero-order chi connectivity index (χ0) is 13.2. The van der Waals surface area contributed by atoms with Gasteiger partial charge in [0.15, 0.2) is 0 Å². The van der Waals surface area contributed by atoms with Crippen LogP contribution in [0.5, 0.6) is 0 Å². The molecule has 1 nitrogen and oxygen atoms in total. The molecule has 3 unspecified atom stereocenters. The standard InChI is InChI=1S/C17H26O/c1-4-6-15-7-5-8-16(12-15)17(18)10-9-13(2)11-14(17)3/h5,7-8,12-14,18H,4,6,9-11H2,1-3H3. The van der Waals surface area contributed by atoms with Gasteiger partial charge in [0.25, 0.3) is 0 Å². The normalized spacial score (nSPS) is 32.4. The Bertz CT molecular complexity index is 398. The minimum atomic E-state index is -0.601. The summed E-state index contributed by atoms with van der Waals surface area (Å²) in [5.41, 5.74) is 1.89. The van der Waals surface area contributed by atoms with Gasteiger partial charge >= 0.3 is 0 Å². The van der Waals surface area contributed by atoms with Crippen LogP contribution in [-0.2, 0) is 12.0 Å². The summed E-state index contributed by atoms with van der Waals surface area (Å²) in [7, 11) is 0. The van der Waals surface area contributed by atoms with Gasteiger partial charge in [0.05, 0.1) is 5.60 Å². The molecule has 1 heteroatoms. The number of hydrogen-bond acceptors (Lipinski definition) is 1. The molecule has 1 N–H and O–H groups in total. The van der Waals surface area contributed by atoms with Gasteiger partial charge in [0.1, 0.15) is 0 Å². The molecule has 0 aliphatic heterocycles. The zero-order valence-corrected chi connectivity index (χ0v) is 11.9. The quantitative estimate of drug-likeness (QED) is 0.844. The third-order valence-electron chi connectivity index (χ3n) is 4.55. The van der Waals surface area contributed by atoms with Crippen molar-refractivity contribution in [3.05, 3.63) is 35.4 Å². The second kappa shape index (κ2) is 5.44. The molecule has 0 bridgehead atoms. The minimum Gasteiger partial charge on any atom is -0.385 e. The van der Waals surface area contributed by atoms with Gasteiger partial charge in [0, 0.05) is 0 Å². The fourth-order valence-electron chi connectivity index (χ4n) is 3.34. The first-order valence-electron chi connectivity index (χ1n) is 7.38. The largest absolute Gasteiger partial charge is 0.385 e. The van der Waals surface area contributed by atoms with Crippen LogP contribution < -0.4 is 0 Å². The van der Waals surface area contributed by atoms with Crippen molar-refractivity contribution in [2.45, 2.75) is 58.5 Å². The van der Waals surface area contributed by atoms with Crippen LogP contribution >= 0.6 is 0 Å². The molecule has 100 valence electrons. The number of benzene rings is 1. The molecular weight excluding hydrogens is 220 g/mol. The second-order valence-electron chi connectivity index (χ2n) is 6.16. The molecule has 1 fully saturated rings. The Morgan fingerprint density at radius 1 is 1.33 bits per heavy atom. The zero-order valence-electron chi connectivity index (χ0n) is 11.9. The Morgan fingerprint density at radius 2 is 2.11 bits per heavy atom. The first kappa shape index (κ1) is 13.6. The summed E-state index contributed by atoms with van der Waals surface area (Å²) in [6.07, 6.45) is 5.45. The van der Waals surface area contributed by atoms with E-state index in [-0.39, 0.29) is 0 Å². The van der Waals surface area contributed by atoms with E-state index < -0.39 is 5.60 Å². The van der Waals surface area contributed by atoms with E-state index in [4.69, 9.17) is 0 Å². The lowest BCUT2D eigenvalue weighted by molar-refractivity contribution is -0.0588. The molecule has 1 aromatic rings. The maximum Gasteiger partial charge on any atom is 0.0922 e. The van der Waals surface area contributed by atoms with Crippen LogP contribution in [0, 0.1) is 11.8 Å². The van der Waals surface area contributed by atoms with E-state index in [1.54, 1.807) is 0 Å². The van der Waals surface area contributed by atoms with Crippen molar-refractivity contribution in [2.24, 2.45) is 11.8 Å². The summed E-state index contributed by atoms with van der Waals surface area (Å²) in [6, 6.07) is 8.59. The lowest BCUT2D eigenvalue weighted by Crippen LogP contribution is -2.38. The molecule has 0 radical (unpaired) electrons. The molecule has 0 heterocycles. The van der Waals surface area contributed by atoms with Crippen molar-refractivity contribution in [2.75, 3.05) is 0 Å². The van der Waals surface area contributed by atoms with Gasteiger partial charge < -0.3 is 5.11 Å². The van der Waals surface area contributed by atoms with Crippen molar-refractivity contribution >= 4 is 0 Å². The average Bonchev–Trinajstić information content (AvgIpc) is 2.35. The number of hydrogen-bond donors (Lipinski definition) is 1. The lowest BCUT2D eigenvalue weighted by atomic mass is 9.69. The molecule has 18 heavy (non-hydrogen) atoms. The van der Waals surface area contributed by atoms with Crippen LogP contribution in [0.1, 0.15) is 57.6 Å². The van der Waals surface area contributed by atoms with E-state index in [9.17, 15) is 5.11 Å². The Morgan fingerprint density at radius 3 is 2.78 bits per heavy atom. The van der Waals surface area contributed by atoms with Crippen molar-refractivity contribution in [1.82, 2.24) is 0 Å². The second-order valence-corrected chi connectivity index (χ2v) is 6.16. The topological polar surface area (TPSA) is 20.2 Å².